The van der Waals surface area contributed by atoms with Crippen LogP contribution in [0, 0.1) is 19.7 Å². The summed E-state index contributed by atoms with van der Waals surface area (Å²) in [6.07, 6.45) is 4.34. The van der Waals surface area contributed by atoms with E-state index in [1.54, 1.807) is 16.9 Å². The first-order chi connectivity index (χ1) is 20.2. The fourth-order valence-electron chi connectivity index (χ4n) is 5.18. The smallest absolute Gasteiger partial charge is 0.238 e. The van der Waals surface area contributed by atoms with E-state index in [4.69, 9.17) is 15.5 Å². The van der Waals surface area contributed by atoms with Crippen molar-refractivity contribution in [3.8, 4) is 17.0 Å². The highest BCUT2D eigenvalue weighted by atomic mass is 19.1. The van der Waals surface area contributed by atoms with Gasteiger partial charge in [0.15, 0.2) is 5.82 Å². The molecular weight excluding hydrogens is 537 g/mol. The van der Waals surface area contributed by atoms with Crippen LogP contribution in [0.1, 0.15) is 17.7 Å². The van der Waals surface area contributed by atoms with Gasteiger partial charge in [-0.3, -0.25) is 14.4 Å². The molecule has 0 spiro atoms. The number of hydrogen-bond acceptors (Lipinski definition) is 8. The lowest BCUT2D eigenvalue weighted by molar-refractivity contribution is -0.117. The molecular formula is C30H32FN9O2. The zero-order valence-corrected chi connectivity index (χ0v) is 23.6. The Hall–Kier alpha value is -4.97. The first-order valence-electron chi connectivity index (χ1n) is 13.7. The Kier molecular flexibility index (Phi) is 7.21. The number of para-hydroxylation sites is 1. The molecule has 1 aliphatic heterocycles. The van der Waals surface area contributed by atoms with Gasteiger partial charge in [0, 0.05) is 61.3 Å². The van der Waals surface area contributed by atoms with E-state index < -0.39 is 5.82 Å². The fourth-order valence-corrected chi connectivity index (χ4v) is 5.18. The van der Waals surface area contributed by atoms with Gasteiger partial charge in [-0.2, -0.15) is 5.10 Å². The molecule has 1 saturated heterocycles. The number of hydrogen-bond donors (Lipinski definition) is 4. The standard InChI is InChI=1S/C30H32FN9O2/c1-17-13-34-30(36-26-11-18(2)39(3)38-26)37-28(17)22-14-33-29-21(22)5-4-6-25(29)35-27(41)16-40-10-9-20(15-40)42-19-7-8-23(31)24(32)12-19/h4-8,11-14,20,33H,9-10,15-16,32H2,1-3H3,(H,35,41)(H,34,36,37,38)/t20-/m0/s1. The van der Waals surface area contributed by atoms with E-state index in [0.29, 0.717) is 36.3 Å². The van der Waals surface area contributed by atoms with Gasteiger partial charge in [0.25, 0.3) is 0 Å². The molecule has 0 unspecified atom stereocenters. The number of aromatic amines is 1. The fraction of sp³-hybridized carbons (Fsp3) is 0.267. The van der Waals surface area contributed by atoms with Crippen LogP contribution in [0.25, 0.3) is 22.2 Å². The topological polar surface area (TPSA) is 139 Å². The van der Waals surface area contributed by atoms with Crippen molar-refractivity contribution in [3.63, 3.8) is 0 Å². The molecule has 1 amide bonds. The van der Waals surface area contributed by atoms with Crippen LogP contribution in [0.4, 0.5) is 27.5 Å². The molecule has 1 aliphatic rings. The van der Waals surface area contributed by atoms with Crippen LogP contribution in [0.2, 0.25) is 0 Å². The van der Waals surface area contributed by atoms with Crippen molar-refractivity contribution in [1.29, 1.82) is 0 Å². The maximum Gasteiger partial charge on any atom is 0.238 e. The summed E-state index contributed by atoms with van der Waals surface area (Å²) in [5, 5.41) is 11.6. The number of likely N-dealkylation sites (tertiary alicyclic amines) is 1. The van der Waals surface area contributed by atoms with Crippen LogP contribution >= 0.6 is 0 Å². The van der Waals surface area contributed by atoms with E-state index in [-0.39, 0.29) is 24.2 Å². The first kappa shape index (κ1) is 27.2. The number of aromatic nitrogens is 5. The first-order valence-corrected chi connectivity index (χ1v) is 13.7. The van der Waals surface area contributed by atoms with Crippen molar-refractivity contribution in [3.05, 3.63) is 71.9 Å². The molecule has 1 fully saturated rings. The number of carbonyl (C=O) groups is 1. The number of nitrogens with one attached hydrogen (secondary N) is 3. The molecule has 11 nitrogen and oxygen atoms in total. The van der Waals surface area contributed by atoms with Crippen molar-refractivity contribution >= 4 is 40.0 Å². The molecule has 0 saturated carbocycles. The SMILES string of the molecule is Cc1cnc(Nc2cc(C)n(C)n2)nc1-c1c[nH]c2c(NC(=O)CN3CC[C@H](Oc4ccc(F)c(N)c4)C3)cccc12. The average molecular weight is 570 g/mol. The molecule has 0 radical (unpaired) electrons. The number of ether oxygens (including phenoxy) is 1. The largest absolute Gasteiger partial charge is 0.489 e. The number of aryl methyl sites for hydroxylation is 3. The summed E-state index contributed by atoms with van der Waals surface area (Å²) in [6.45, 7) is 5.47. The highest BCUT2D eigenvalue weighted by molar-refractivity contribution is 6.06. The number of fused-ring (bicyclic) bond motifs is 1. The summed E-state index contributed by atoms with van der Waals surface area (Å²) in [7, 11) is 1.88. The quantitative estimate of drug-likeness (QED) is 0.200. The second kappa shape index (κ2) is 11.1. The van der Waals surface area contributed by atoms with Crippen molar-refractivity contribution < 1.29 is 13.9 Å². The third kappa shape index (κ3) is 5.61. The second-order valence-electron chi connectivity index (χ2n) is 10.6. The van der Waals surface area contributed by atoms with E-state index in [2.05, 4.69) is 25.7 Å². The highest BCUT2D eigenvalue weighted by Crippen LogP contribution is 2.33. The molecule has 12 heteroatoms. The van der Waals surface area contributed by atoms with Gasteiger partial charge in [0.1, 0.15) is 17.7 Å². The van der Waals surface area contributed by atoms with Gasteiger partial charge < -0.3 is 26.1 Å². The van der Waals surface area contributed by atoms with E-state index >= 15 is 0 Å². The molecule has 1 atom stereocenters. The van der Waals surface area contributed by atoms with Gasteiger partial charge >= 0.3 is 0 Å². The monoisotopic (exact) mass is 569 g/mol. The van der Waals surface area contributed by atoms with Gasteiger partial charge in [-0.1, -0.05) is 12.1 Å². The summed E-state index contributed by atoms with van der Waals surface area (Å²) in [6, 6.07) is 12.1. The molecule has 0 aliphatic carbocycles. The zero-order valence-electron chi connectivity index (χ0n) is 23.6. The van der Waals surface area contributed by atoms with Crippen molar-refractivity contribution in [1.82, 2.24) is 29.6 Å². The third-order valence-electron chi connectivity index (χ3n) is 7.44. The Labute approximate surface area is 241 Å². The van der Waals surface area contributed by atoms with Gasteiger partial charge in [-0.05, 0) is 44.0 Å². The Morgan fingerprint density at radius 1 is 1.24 bits per heavy atom. The number of anilines is 4. The minimum Gasteiger partial charge on any atom is -0.489 e. The Morgan fingerprint density at radius 2 is 2.10 bits per heavy atom. The number of nitrogens with zero attached hydrogens (tertiary/aromatic N) is 5. The van der Waals surface area contributed by atoms with Crippen LogP contribution in [0.15, 0.2) is 54.9 Å². The van der Waals surface area contributed by atoms with Crippen LogP contribution in [-0.2, 0) is 11.8 Å². The molecule has 4 heterocycles. The summed E-state index contributed by atoms with van der Waals surface area (Å²) < 4.78 is 21.2. The van der Waals surface area contributed by atoms with Gasteiger partial charge in [-0.15, -0.1) is 0 Å². The predicted octanol–water partition coefficient (Wildman–Crippen LogP) is 4.53. The number of nitrogen functional groups attached to an aromatic ring is 1. The van der Waals surface area contributed by atoms with Crippen molar-refractivity contribution in [2.75, 3.05) is 36.0 Å². The maximum absolute atomic E-state index is 13.5. The Bertz CT molecular complexity index is 1760. The summed E-state index contributed by atoms with van der Waals surface area (Å²) in [5.41, 5.74) is 10.8. The molecule has 5 aromatic rings. The molecule has 6 rings (SSSR count). The lowest BCUT2D eigenvalue weighted by atomic mass is 10.1. The minimum absolute atomic E-state index is 0.0508. The van der Waals surface area contributed by atoms with E-state index in [1.165, 1.54) is 12.1 Å². The number of nitrogens with two attached hydrogens (primary N) is 1. The molecule has 42 heavy (non-hydrogen) atoms. The Morgan fingerprint density at radius 3 is 2.88 bits per heavy atom. The van der Waals surface area contributed by atoms with Gasteiger partial charge in [0.2, 0.25) is 11.9 Å². The summed E-state index contributed by atoms with van der Waals surface area (Å²) >= 11 is 0. The predicted molar refractivity (Wildman–Crippen MR) is 160 cm³/mol. The maximum atomic E-state index is 13.5. The molecule has 5 N–H and O–H groups in total. The number of amides is 1. The van der Waals surface area contributed by atoms with Crippen LogP contribution < -0.4 is 21.1 Å². The van der Waals surface area contributed by atoms with Gasteiger partial charge in [-0.25, -0.2) is 14.4 Å². The number of benzene rings is 2. The van der Waals surface area contributed by atoms with Crippen molar-refractivity contribution in [2.45, 2.75) is 26.4 Å². The zero-order chi connectivity index (χ0) is 29.4. The number of H-pyrrole nitrogens is 1. The van der Waals surface area contributed by atoms with E-state index in [1.807, 2.05) is 56.3 Å². The van der Waals surface area contributed by atoms with Crippen LogP contribution in [-0.4, -0.2) is 61.3 Å². The van der Waals surface area contributed by atoms with E-state index in [0.717, 1.165) is 39.8 Å². The van der Waals surface area contributed by atoms with Gasteiger partial charge in [0.05, 0.1) is 29.1 Å². The third-order valence-corrected chi connectivity index (χ3v) is 7.44. The summed E-state index contributed by atoms with van der Waals surface area (Å²) in [4.78, 5) is 27.6. The lowest BCUT2D eigenvalue weighted by Crippen LogP contribution is -2.33. The van der Waals surface area contributed by atoms with Crippen molar-refractivity contribution in [2.24, 2.45) is 7.05 Å². The van der Waals surface area contributed by atoms with E-state index in [9.17, 15) is 9.18 Å². The number of halogens is 1. The van der Waals surface area contributed by atoms with Crippen LogP contribution in [0.3, 0.4) is 0 Å². The molecule has 3 aromatic heterocycles. The number of carbonyl (C=O) groups excluding carboxylic acids is 1. The summed E-state index contributed by atoms with van der Waals surface area (Å²) in [5.74, 6) is 1.04. The minimum atomic E-state index is -0.471. The molecule has 2 aromatic carbocycles. The highest BCUT2D eigenvalue weighted by Gasteiger charge is 2.26. The Balaban J connectivity index is 1.13. The van der Waals surface area contributed by atoms with Crippen LogP contribution in [0.5, 0.6) is 5.75 Å². The second-order valence-corrected chi connectivity index (χ2v) is 10.6. The molecule has 0 bridgehead atoms. The number of rotatable bonds is 8. The normalized spacial score (nSPS) is 15.3. The molecule has 216 valence electrons. The lowest BCUT2D eigenvalue weighted by Gasteiger charge is -2.17. The average Bonchev–Trinajstić information content (AvgIpc) is 3.66.